The van der Waals surface area contributed by atoms with Gasteiger partial charge in [0.15, 0.2) is 5.03 Å². The highest BCUT2D eigenvalue weighted by Gasteiger charge is 2.68. The molecule has 0 aromatic carbocycles. The Morgan fingerprint density at radius 1 is 1.18 bits per heavy atom. The van der Waals surface area contributed by atoms with E-state index in [9.17, 15) is 19.7 Å². The molecular formula is C26H45BN6O6. The maximum absolute atomic E-state index is 13.7. The molecule has 2 saturated heterocycles. The first-order chi connectivity index (χ1) is 18.2. The predicted octanol–water partition coefficient (Wildman–Crippen LogP) is 1.74. The third kappa shape index (κ3) is 5.51. The molecule has 1 unspecified atom stereocenters. The number of nitrogens with one attached hydrogen (secondary N) is 4. The molecule has 0 aromatic heterocycles. The summed E-state index contributed by atoms with van der Waals surface area (Å²) in [4.78, 5) is 37.3. The molecule has 6 aliphatic rings. The van der Waals surface area contributed by atoms with Crippen molar-refractivity contribution in [1.82, 2.24) is 26.5 Å². The van der Waals surface area contributed by atoms with Crippen LogP contribution in [-0.4, -0.2) is 65.6 Å². The summed E-state index contributed by atoms with van der Waals surface area (Å²) >= 11 is 0. The van der Waals surface area contributed by atoms with Crippen molar-refractivity contribution >= 4 is 18.9 Å². The van der Waals surface area contributed by atoms with Crippen molar-refractivity contribution in [2.45, 2.75) is 116 Å². The van der Waals surface area contributed by atoms with E-state index in [4.69, 9.17) is 9.31 Å². The van der Waals surface area contributed by atoms with Gasteiger partial charge in [0.25, 0.3) is 0 Å². The summed E-state index contributed by atoms with van der Waals surface area (Å²) in [5.74, 6) is 0.696. The SMILES string of the molecule is CC(C)C[C@H](NC(=O)[C@H](CCCNC1NN1[N+](=O)[O-])NC(=O)C1(C)CC1)B1O[C@@H]2C[C@@H]3C[C@@H](C3(C)C)[C@]2(C)O1. The molecule has 0 radical (unpaired) electrons. The number of nitrogens with zero attached hydrogens (tertiary/aromatic N) is 2. The minimum absolute atomic E-state index is 0.0250. The number of nitro groups is 1. The molecule has 6 rings (SSSR count). The van der Waals surface area contributed by atoms with Crippen molar-refractivity contribution in [3.63, 3.8) is 0 Å². The first kappa shape index (κ1) is 28.6. The smallest absolute Gasteiger partial charge is 0.404 e. The van der Waals surface area contributed by atoms with Gasteiger partial charge in [0.1, 0.15) is 6.04 Å². The highest BCUT2D eigenvalue weighted by molar-refractivity contribution is 6.48. The zero-order valence-electron chi connectivity index (χ0n) is 24.1. The zero-order valence-corrected chi connectivity index (χ0v) is 24.1. The van der Waals surface area contributed by atoms with Gasteiger partial charge in [-0.05, 0) is 86.7 Å². The maximum Gasteiger partial charge on any atom is 0.481 e. The number of hydrogen-bond donors (Lipinski definition) is 4. The van der Waals surface area contributed by atoms with Crippen molar-refractivity contribution in [2.75, 3.05) is 6.54 Å². The standard InChI is InChI=1S/C26H45BN6O6/c1-15(2)12-20(27-38-19-14-16-13-18(24(16,3)4)26(19,6)39-27)30-21(34)17(29-22(35)25(5)9-10-25)8-7-11-28-23-31-32(23)33(36)37/h15-20,23,28,31H,7-14H2,1-6H3,(H,29,35)(H,30,34)/t16-,17-,18-,19+,20-,23?,26-,32?/m0/s1. The summed E-state index contributed by atoms with van der Waals surface area (Å²) in [7, 11) is -0.533. The van der Waals surface area contributed by atoms with E-state index in [1.54, 1.807) is 0 Å². The Morgan fingerprint density at radius 2 is 1.90 bits per heavy atom. The Kier molecular flexibility index (Phi) is 7.43. The van der Waals surface area contributed by atoms with Crippen LogP contribution in [-0.2, 0) is 18.9 Å². The van der Waals surface area contributed by atoms with E-state index < -0.39 is 29.9 Å². The van der Waals surface area contributed by atoms with Crippen LogP contribution >= 0.6 is 0 Å². The van der Waals surface area contributed by atoms with Crippen LogP contribution < -0.4 is 21.4 Å². The third-order valence-electron chi connectivity index (χ3n) is 10.1. The number of hydrazine groups is 2. The Hall–Kier alpha value is -1.96. The van der Waals surface area contributed by atoms with E-state index in [1.807, 2.05) is 6.92 Å². The Labute approximate surface area is 231 Å². The summed E-state index contributed by atoms with van der Waals surface area (Å²) in [6, 6.07) is -0.712. The minimum atomic E-state index is -0.712. The monoisotopic (exact) mass is 548 g/mol. The largest absolute Gasteiger partial charge is 0.481 e. The molecule has 4 aliphatic carbocycles. The summed E-state index contributed by atoms with van der Waals surface area (Å²) in [5.41, 5.74) is 2.06. The Bertz CT molecular complexity index is 994. The van der Waals surface area contributed by atoms with Gasteiger partial charge in [-0.2, -0.15) is 0 Å². The topological polar surface area (TPSA) is 157 Å². The summed E-state index contributed by atoms with van der Waals surface area (Å²) in [6.07, 6.45) is 4.94. The fourth-order valence-electron chi connectivity index (χ4n) is 7.03. The summed E-state index contributed by atoms with van der Waals surface area (Å²) < 4.78 is 13.2. The van der Waals surface area contributed by atoms with Crippen LogP contribution in [0.1, 0.15) is 86.5 Å². The molecule has 4 saturated carbocycles. The molecule has 39 heavy (non-hydrogen) atoms. The fraction of sp³-hybridized carbons (Fsp3) is 0.923. The quantitative estimate of drug-likeness (QED) is 0.0885. The first-order valence-corrected chi connectivity index (χ1v) is 14.6. The van der Waals surface area contributed by atoms with Gasteiger partial charge in [-0.15, -0.1) is 5.43 Å². The van der Waals surface area contributed by atoms with Crippen LogP contribution in [0.3, 0.4) is 0 Å². The van der Waals surface area contributed by atoms with Gasteiger partial charge in [0.05, 0.1) is 17.6 Å². The fourth-order valence-corrected chi connectivity index (χ4v) is 7.03. The average molecular weight is 548 g/mol. The lowest BCUT2D eigenvalue weighted by molar-refractivity contribution is -0.627. The van der Waals surface area contributed by atoms with E-state index in [0.29, 0.717) is 43.6 Å². The van der Waals surface area contributed by atoms with Gasteiger partial charge in [0, 0.05) is 5.41 Å². The van der Waals surface area contributed by atoms with Crippen LogP contribution in [0, 0.1) is 38.7 Å². The normalized spacial score (nSPS) is 34.5. The van der Waals surface area contributed by atoms with Crippen molar-refractivity contribution in [2.24, 2.45) is 28.6 Å². The van der Waals surface area contributed by atoms with Gasteiger partial charge in [-0.25, -0.2) is 10.1 Å². The molecule has 2 heterocycles. The van der Waals surface area contributed by atoms with Gasteiger partial charge >= 0.3 is 7.12 Å². The lowest BCUT2D eigenvalue weighted by atomic mass is 9.43. The van der Waals surface area contributed by atoms with Gasteiger partial charge in [0.2, 0.25) is 18.1 Å². The Morgan fingerprint density at radius 3 is 2.49 bits per heavy atom. The molecule has 2 bridgehead atoms. The molecule has 7 atom stereocenters. The molecule has 13 heteroatoms. The van der Waals surface area contributed by atoms with E-state index in [1.165, 1.54) is 0 Å². The van der Waals surface area contributed by atoms with Crippen LogP contribution in [0.25, 0.3) is 0 Å². The molecule has 218 valence electrons. The second-order valence-corrected chi connectivity index (χ2v) is 13.9. The number of hydrogen-bond acceptors (Lipinski definition) is 8. The molecule has 6 fully saturated rings. The molecule has 12 nitrogen and oxygen atoms in total. The molecule has 0 spiro atoms. The second kappa shape index (κ2) is 10.1. The highest BCUT2D eigenvalue weighted by atomic mass is 16.7. The molecule has 2 aliphatic heterocycles. The van der Waals surface area contributed by atoms with Crippen LogP contribution in [0.15, 0.2) is 0 Å². The average Bonchev–Trinajstić information content (AvgIpc) is 3.76. The second-order valence-electron chi connectivity index (χ2n) is 13.9. The van der Waals surface area contributed by atoms with Gasteiger partial charge in [-0.3, -0.25) is 14.9 Å². The molecule has 4 N–H and O–H groups in total. The molecule has 2 amide bonds. The number of amides is 2. The first-order valence-electron chi connectivity index (χ1n) is 14.6. The van der Waals surface area contributed by atoms with Crippen molar-refractivity contribution in [3.05, 3.63) is 10.1 Å². The van der Waals surface area contributed by atoms with Crippen molar-refractivity contribution in [1.29, 1.82) is 0 Å². The van der Waals surface area contributed by atoms with E-state index in [2.05, 4.69) is 56.0 Å². The van der Waals surface area contributed by atoms with Gasteiger partial charge < -0.3 is 19.9 Å². The van der Waals surface area contributed by atoms with Crippen LogP contribution in [0.4, 0.5) is 0 Å². The lowest BCUT2D eigenvalue weighted by Crippen LogP contribution is -2.65. The lowest BCUT2D eigenvalue weighted by Gasteiger charge is -2.64. The Balaban J connectivity index is 1.22. The number of carbonyl (C=O) groups excluding carboxylic acids is 2. The van der Waals surface area contributed by atoms with Gasteiger partial charge in [-0.1, -0.05) is 34.6 Å². The summed E-state index contributed by atoms with van der Waals surface area (Å²) in [5, 5.41) is 20.3. The third-order valence-corrected chi connectivity index (χ3v) is 10.1. The summed E-state index contributed by atoms with van der Waals surface area (Å²) in [6.45, 7) is 13.4. The number of carbonyl (C=O) groups is 2. The van der Waals surface area contributed by atoms with E-state index in [0.717, 1.165) is 30.8 Å². The maximum atomic E-state index is 13.7. The van der Waals surface area contributed by atoms with Crippen molar-refractivity contribution in [3.8, 4) is 0 Å². The predicted molar refractivity (Wildman–Crippen MR) is 144 cm³/mol. The van der Waals surface area contributed by atoms with Crippen molar-refractivity contribution < 1.29 is 23.9 Å². The number of rotatable bonds is 13. The molecular weight excluding hydrogens is 503 g/mol. The van der Waals surface area contributed by atoms with E-state index >= 15 is 0 Å². The molecule has 0 aromatic rings. The van der Waals surface area contributed by atoms with Crippen LogP contribution in [0.5, 0.6) is 0 Å². The minimum Gasteiger partial charge on any atom is -0.404 e. The zero-order chi connectivity index (χ0) is 28.3. The highest BCUT2D eigenvalue weighted by Crippen LogP contribution is 2.65. The van der Waals surface area contributed by atoms with E-state index in [-0.39, 0.29) is 34.9 Å². The van der Waals surface area contributed by atoms with Crippen LogP contribution in [0.2, 0.25) is 0 Å².